The van der Waals surface area contributed by atoms with E-state index in [-0.39, 0.29) is 28.8 Å². The highest BCUT2D eigenvalue weighted by molar-refractivity contribution is 7.89. The van der Waals surface area contributed by atoms with Crippen molar-refractivity contribution >= 4 is 15.9 Å². The monoisotopic (exact) mass is 391 g/mol. The van der Waals surface area contributed by atoms with Crippen molar-refractivity contribution < 1.29 is 26.7 Å². The van der Waals surface area contributed by atoms with Gasteiger partial charge in [0.1, 0.15) is 10.6 Å². The molecule has 1 aromatic carbocycles. The minimum Gasteiger partial charge on any atom is -0.495 e. The van der Waals surface area contributed by atoms with Gasteiger partial charge in [-0.25, -0.2) is 21.9 Å². The quantitative estimate of drug-likeness (QED) is 0.726. The van der Waals surface area contributed by atoms with Crippen LogP contribution >= 0.6 is 0 Å². The Kier molecular flexibility index (Phi) is 6.90. The molecule has 0 spiro atoms. The van der Waals surface area contributed by atoms with Crippen LogP contribution < -0.4 is 14.8 Å². The number of benzene rings is 1. The molecular weight excluding hydrogens is 368 g/mol. The predicted octanol–water partition coefficient (Wildman–Crippen LogP) is 1.06. The molecule has 0 aliphatic carbocycles. The second kappa shape index (κ2) is 8.74. The first-order valence-corrected chi connectivity index (χ1v) is 9.68. The summed E-state index contributed by atoms with van der Waals surface area (Å²) in [5.74, 6) is -0.274. The summed E-state index contributed by atoms with van der Waals surface area (Å²) in [5.41, 5.74) is 0.189. The van der Waals surface area contributed by atoms with E-state index < -0.39 is 22.4 Å². The predicted molar refractivity (Wildman–Crippen MR) is 92.2 cm³/mol. The first-order valence-electron chi connectivity index (χ1n) is 8.19. The van der Waals surface area contributed by atoms with Gasteiger partial charge in [-0.2, -0.15) is 0 Å². The van der Waals surface area contributed by atoms with E-state index >= 15 is 0 Å². The van der Waals surface area contributed by atoms with Crippen molar-refractivity contribution in [1.29, 1.82) is 0 Å². The van der Waals surface area contributed by atoms with Crippen molar-refractivity contribution in [3.05, 3.63) is 23.8 Å². The largest absolute Gasteiger partial charge is 0.495 e. The van der Waals surface area contributed by atoms with Crippen LogP contribution in [-0.2, 0) is 10.0 Å². The van der Waals surface area contributed by atoms with Gasteiger partial charge in [0.15, 0.2) is 0 Å². The average molecular weight is 391 g/mol. The molecule has 2 rings (SSSR count). The molecule has 7 nitrogen and oxygen atoms in total. The number of likely N-dealkylation sites (tertiary alicyclic amines) is 1. The van der Waals surface area contributed by atoms with Crippen LogP contribution in [0, 0.1) is 0 Å². The van der Waals surface area contributed by atoms with Crippen LogP contribution in [0.4, 0.5) is 8.78 Å². The number of ether oxygens (including phenoxy) is 1. The second-order valence-corrected chi connectivity index (χ2v) is 7.87. The fourth-order valence-corrected chi connectivity index (χ4v) is 3.78. The highest BCUT2D eigenvalue weighted by Crippen LogP contribution is 2.25. The van der Waals surface area contributed by atoms with Gasteiger partial charge in [0.2, 0.25) is 10.0 Å². The first-order chi connectivity index (χ1) is 12.3. The molecule has 146 valence electrons. The van der Waals surface area contributed by atoms with Gasteiger partial charge in [-0.05, 0) is 38.1 Å². The number of piperidine rings is 1. The van der Waals surface area contributed by atoms with Gasteiger partial charge >= 0.3 is 0 Å². The van der Waals surface area contributed by atoms with Crippen LogP contribution in [0.2, 0.25) is 0 Å². The average Bonchev–Trinajstić information content (AvgIpc) is 2.62. The lowest BCUT2D eigenvalue weighted by Crippen LogP contribution is -2.45. The topological polar surface area (TPSA) is 87.7 Å². The molecule has 0 unspecified atom stereocenters. The second-order valence-electron chi connectivity index (χ2n) is 6.01. The SMILES string of the molecule is CNS(=O)(=O)c1cc(C(=O)NC2CCN(CC(F)F)CC2)ccc1OC. The summed E-state index contributed by atoms with van der Waals surface area (Å²) in [5, 5.41) is 2.83. The Labute approximate surface area is 151 Å². The minimum absolute atomic E-state index is 0.123. The summed E-state index contributed by atoms with van der Waals surface area (Å²) in [6.07, 6.45) is -1.24. The Hall–Kier alpha value is -1.78. The molecule has 1 aliphatic heterocycles. The van der Waals surface area contributed by atoms with E-state index in [2.05, 4.69) is 10.0 Å². The summed E-state index contributed by atoms with van der Waals surface area (Å²) in [4.78, 5) is 14.0. The Bertz CT molecular complexity index is 735. The number of hydrogen-bond acceptors (Lipinski definition) is 5. The third kappa shape index (κ3) is 5.12. The van der Waals surface area contributed by atoms with Gasteiger partial charge in [-0.1, -0.05) is 0 Å². The molecule has 2 N–H and O–H groups in total. The molecule has 1 heterocycles. The Morgan fingerprint density at radius 2 is 2.00 bits per heavy atom. The number of alkyl halides is 2. The fraction of sp³-hybridized carbons (Fsp3) is 0.562. The highest BCUT2D eigenvalue weighted by atomic mass is 32.2. The summed E-state index contributed by atoms with van der Waals surface area (Å²) >= 11 is 0. The first kappa shape index (κ1) is 20.5. The lowest BCUT2D eigenvalue weighted by atomic mass is 10.0. The zero-order chi connectivity index (χ0) is 19.3. The number of sulfonamides is 1. The van der Waals surface area contributed by atoms with E-state index in [9.17, 15) is 22.0 Å². The van der Waals surface area contributed by atoms with Crippen molar-refractivity contribution in [2.24, 2.45) is 0 Å². The molecule has 1 aliphatic rings. The van der Waals surface area contributed by atoms with Crippen LogP contribution in [0.1, 0.15) is 23.2 Å². The van der Waals surface area contributed by atoms with Gasteiger partial charge in [-0.3, -0.25) is 9.69 Å². The fourth-order valence-electron chi connectivity index (χ4n) is 2.86. The minimum atomic E-state index is -3.78. The van der Waals surface area contributed by atoms with Crippen molar-refractivity contribution in [1.82, 2.24) is 14.9 Å². The van der Waals surface area contributed by atoms with Gasteiger partial charge in [0.25, 0.3) is 12.3 Å². The number of hydrogen-bond donors (Lipinski definition) is 2. The molecule has 26 heavy (non-hydrogen) atoms. The van der Waals surface area contributed by atoms with Gasteiger partial charge < -0.3 is 10.1 Å². The third-order valence-electron chi connectivity index (χ3n) is 4.30. The van der Waals surface area contributed by atoms with Crippen LogP contribution in [0.25, 0.3) is 0 Å². The molecular formula is C16H23F2N3O4S. The molecule has 10 heteroatoms. The van der Waals surface area contributed by atoms with E-state index in [4.69, 9.17) is 4.74 Å². The molecule has 1 saturated heterocycles. The van der Waals surface area contributed by atoms with Crippen molar-refractivity contribution in [3.8, 4) is 5.75 Å². The standard InChI is InChI=1S/C16H23F2N3O4S/c1-19-26(23,24)14-9-11(3-4-13(14)25-2)16(22)20-12-5-7-21(8-6-12)10-15(17)18/h3-4,9,12,15,19H,5-8,10H2,1-2H3,(H,20,22). The Morgan fingerprint density at radius 1 is 1.35 bits per heavy atom. The third-order valence-corrected chi connectivity index (χ3v) is 5.74. The highest BCUT2D eigenvalue weighted by Gasteiger charge is 2.24. The number of carbonyl (C=O) groups excluding carboxylic acids is 1. The van der Waals surface area contributed by atoms with Crippen LogP contribution in [0.3, 0.4) is 0 Å². The van der Waals surface area contributed by atoms with Crippen molar-refractivity contribution in [2.75, 3.05) is 33.8 Å². The van der Waals surface area contributed by atoms with Crippen LogP contribution in [0.5, 0.6) is 5.75 Å². The summed E-state index contributed by atoms with van der Waals surface area (Å²) in [6, 6.07) is 4.02. The van der Waals surface area contributed by atoms with E-state index in [1.165, 1.54) is 32.4 Å². The van der Waals surface area contributed by atoms with Crippen LogP contribution in [0.15, 0.2) is 23.1 Å². The van der Waals surface area contributed by atoms with Crippen molar-refractivity contribution in [2.45, 2.75) is 30.2 Å². The number of halogens is 2. The summed E-state index contributed by atoms with van der Waals surface area (Å²) in [7, 11) is -1.16. The smallest absolute Gasteiger partial charge is 0.251 e. The maximum absolute atomic E-state index is 12.4. The summed E-state index contributed by atoms with van der Waals surface area (Å²) < 4.78 is 56.2. The van der Waals surface area contributed by atoms with E-state index in [0.717, 1.165) is 0 Å². The molecule has 1 amide bonds. The number of nitrogens with one attached hydrogen (secondary N) is 2. The zero-order valence-electron chi connectivity index (χ0n) is 14.7. The lowest BCUT2D eigenvalue weighted by molar-refractivity contribution is 0.0696. The Balaban J connectivity index is 2.05. The zero-order valence-corrected chi connectivity index (χ0v) is 15.5. The molecule has 1 fully saturated rings. The maximum atomic E-state index is 12.4. The molecule has 0 bridgehead atoms. The summed E-state index contributed by atoms with van der Waals surface area (Å²) in [6.45, 7) is 0.707. The molecule has 0 aromatic heterocycles. The number of amides is 1. The Morgan fingerprint density at radius 3 is 2.54 bits per heavy atom. The normalized spacial score (nSPS) is 16.7. The molecule has 0 radical (unpaired) electrons. The number of rotatable bonds is 7. The molecule has 0 atom stereocenters. The van der Waals surface area contributed by atoms with E-state index in [1.54, 1.807) is 4.90 Å². The van der Waals surface area contributed by atoms with Gasteiger partial charge in [-0.15, -0.1) is 0 Å². The number of nitrogens with zero attached hydrogens (tertiary/aromatic N) is 1. The van der Waals surface area contributed by atoms with Crippen LogP contribution in [-0.4, -0.2) is 65.5 Å². The number of methoxy groups -OCH3 is 1. The van der Waals surface area contributed by atoms with Gasteiger partial charge in [0.05, 0.1) is 13.7 Å². The molecule has 0 saturated carbocycles. The lowest BCUT2D eigenvalue weighted by Gasteiger charge is -2.32. The van der Waals surface area contributed by atoms with Gasteiger partial charge in [0, 0.05) is 24.7 Å². The van der Waals surface area contributed by atoms with E-state index in [0.29, 0.717) is 25.9 Å². The molecule has 1 aromatic rings. The van der Waals surface area contributed by atoms with Crippen molar-refractivity contribution in [3.63, 3.8) is 0 Å². The van der Waals surface area contributed by atoms with E-state index in [1.807, 2.05) is 0 Å². The number of carbonyl (C=O) groups is 1. The maximum Gasteiger partial charge on any atom is 0.251 e.